The van der Waals surface area contributed by atoms with Crippen LogP contribution in [0.2, 0.25) is 0 Å². The fraction of sp³-hybridized carbons (Fsp3) is 0.250. The normalized spacial score (nSPS) is 16.6. The molecule has 114 valence electrons. The highest BCUT2D eigenvalue weighted by Crippen LogP contribution is 2.33. The van der Waals surface area contributed by atoms with Crippen molar-refractivity contribution in [3.8, 4) is 5.75 Å². The Balaban J connectivity index is 1.87. The largest absolute Gasteiger partial charge is 0.477 e. The number of amides is 2. The molecule has 0 saturated heterocycles. The van der Waals surface area contributed by atoms with E-state index in [1.54, 1.807) is 29.4 Å². The quantitative estimate of drug-likeness (QED) is 0.940. The number of benzene rings is 1. The summed E-state index contributed by atoms with van der Waals surface area (Å²) in [5, 5.41) is 4.52. The molecule has 2 amide bonds. The maximum absolute atomic E-state index is 12.6. The summed E-state index contributed by atoms with van der Waals surface area (Å²) in [6, 6.07) is 11.2. The molecule has 6 heteroatoms. The Kier molecular flexibility index (Phi) is 4.11. The van der Waals surface area contributed by atoms with E-state index in [1.165, 1.54) is 0 Å². The molecule has 2 aromatic rings. The molecule has 3 rings (SSSR count). The van der Waals surface area contributed by atoms with Gasteiger partial charge in [-0.15, -0.1) is 11.3 Å². The highest BCUT2D eigenvalue weighted by molar-refractivity contribution is 7.10. The van der Waals surface area contributed by atoms with E-state index in [4.69, 9.17) is 4.74 Å². The van der Waals surface area contributed by atoms with Crippen molar-refractivity contribution >= 4 is 28.8 Å². The molecule has 1 atom stereocenters. The summed E-state index contributed by atoms with van der Waals surface area (Å²) in [5.74, 6) is 0.289. The topological polar surface area (TPSA) is 58.6 Å². The third-order valence-corrected chi connectivity index (χ3v) is 4.40. The van der Waals surface area contributed by atoms with Crippen molar-refractivity contribution < 1.29 is 14.3 Å². The highest BCUT2D eigenvalue weighted by Gasteiger charge is 2.33. The van der Waals surface area contributed by atoms with Crippen LogP contribution in [0.4, 0.5) is 5.69 Å². The number of nitrogens with zero attached hydrogens (tertiary/aromatic N) is 1. The third-order valence-electron chi connectivity index (χ3n) is 3.52. The maximum Gasteiger partial charge on any atom is 0.262 e. The Morgan fingerprint density at radius 3 is 2.86 bits per heavy atom. The van der Waals surface area contributed by atoms with Gasteiger partial charge in [0.25, 0.3) is 5.91 Å². The van der Waals surface area contributed by atoms with Crippen LogP contribution in [0, 0.1) is 0 Å². The molecule has 1 aromatic heterocycles. The van der Waals surface area contributed by atoms with Gasteiger partial charge in [0.2, 0.25) is 5.91 Å². The van der Waals surface area contributed by atoms with Crippen LogP contribution in [0.25, 0.3) is 0 Å². The number of ether oxygens (including phenoxy) is 1. The van der Waals surface area contributed by atoms with Gasteiger partial charge in [-0.3, -0.25) is 9.59 Å². The van der Waals surface area contributed by atoms with Crippen LogP contribution in [-0.4, -0.2) is 31.5 Å². The fourth-order valence-corrected chi connectivity index (χ4v) is 3.12. The van der Waals surface area contributed by atoms with Gasteiger partial charge in [0.15, 0.2) is 6.10 Å². The van der Waals surface area contributed by atoms with E-state index in [2.05, 4.69) is 5.32 Å². The van der Waals surface area contributed by atoms with Gasteiger partial charge in [-0.25, -0.2) is 0 Å². The van der Waals surface area contributed by atoms with Gasteiger partial charge >= 0.3 is 0 Å². The molecule has 1 aromatic carbocycles. The number of carbonyl (C=O) groups is 2. The lowest BCUT2D eigenvalue weighted by Gasteiger charge is -2.34. The van der Waals surface area contributed by atoms with E-state index in [9.17, 15) is 9.59 Å². The highest BCUT2D eigenvalue weighted by atomic mass is 32.1. The molecule has 1 aliphatic rings. The van der Waals surface area contributed by atoms with Gasteiger partial charge in [0.05, 0.1) is 18.7 Å². The number of hydrogen-bond donors (Lipinski definition) is 1. The summed E-state index contributed by atoms with van der Waals surface area (Å²) >= 11 is 1.55. The molecule has 0 saturated carbocycles. The third kappa shape index (κ3) is 2.82. The average Bonchev–Trinajstić information content (AvgIpc) is 3.05. The molecule has 2 heterocycles. The first-order chi connectivity index (χ1) is 10.7. The van der Waals surface area contributed by atoms with Gasteiger partial charge in [-0.1, -0.05) is 18.2 Å². The van der Waals surface area contributed by atoms with Crippen molar-refractivity contribution in [3.05, 3.63) is 46.7 Å². The molecule has 22 heavy (non-hydrogen) atoms. The second kappa shape index (κ2) is 6.19. The molecule has 0 fully saturated rings. The van der Waals surface area contributed by atoms with Gasteiger partial charge in [-0.2, -0.15) is 0 Å². The minimum absolute atomic E-state index is 0.0351. The van der Waals surface area contributed by atoms with Crippen molar-refractivity contribution in [1.29, 1.82) is 0 Å². The Hall–Kier alpha value is -2.34. The van der Waals surface area contributed by atoms with Crippen LogP contribution in [-0.2, 0) is 16.0 Å². The van der Waals surface area contributed by atoms with Crippen LogP contribution in [0.1, 0.15) is 4.88 Å². The number of hydrogen-bond acceptors (Lipinski definition) is 4. The summed E-state index contributed by atoms with van der Waals surface area (Å²) in [5.41, 5.74) is 0.712. The van der Waals surface area contributed by atoms with E-state index in [0.29, 0.717) is 17.9 Å². The van der Waals surface area contributed by atoms with Crippen LogP contribution in [0.5, 0.6) is 5.75 Å². The summed E-state index contributed by atoms with van der Waals surface area (Å²) in [4.78, 5) is 27.2. The van der Waals surface area contributed by atoms with Gasteiger partial charge in [0.1, 0.15) is 5.75 Å². The number of para-hydroxylation sites is 2. The first-order valence-electron chi connectivity index (χ1n) is 6.99. The van der Waals surface area contributed by atoms with Gasteiger partial charge in [0, 0.05) is 11.9 Å². The predicted octanol–water partition coefficient (Wildman–Crippen LogP) is 1.83. The Bertz CT molecular complexity index is 684. The first-order valence-corrected chi connectivity index (χ1v) is 7.87. The van der Waals surface area contributed by atoms with Crippen LogP contribution in [0.15, 0.2) is 41.8 Å². The fourth-order valence-electron chi connectivity index (χ4n) is 2.43. The number of likely N-dealkylation sites (N-methyl/N-ethyl adjacent to an activating group) is 1. The SMILES string of the molecule is CNC(=O)[C@@H]1CN(C(=O)Cc2cccs2)c2ccccc2O1. The average molecular weight is 316 g/mol. The summed E-state index contributed by atoms with van der Waals surface area (Å²) in [6.45, 7) is 0.223. The Morgan fingerprint density at radius 1 is 1.32 bits per heavy atom. The zero-order valence-corrected chi connectivity index (χ0v) is 12.9. The summed E-state index contributed by atoms with van der Waals surface area (Å²) in [7, 11) is 1.56. The number of carbonyl (C=O) groups excluding carboxylic acids is 2. The molecule has 1 N–H and O–H groups in total. The molecule has 5 nitrogen and oxygen atoms in total. The van der Waals surface area contributed by atoms with Crippen molar-refractivity contribution in [2.75, 3.05) is 18.5 Å². The van der Waals surface area contributed by atoms with Gasteiger partial charge < -0.3 is 15.0 Å². The minimum atomic E-state index is -0.688. The van der Waals surface area contributed by atoms with Crippen molar-refractivity contribution in [1.82, 2.24) is 5.32 Å². The van der Waals surface area contributed by atoms with Crippen LogP contribution >= 0.6 is 11.3 Å². The van der Waals surface area contributed by atoms with Crippen molar-refractivity contribution in [2.45, 2.75) is 12.5 Å². The molecule has 1 aliphatic heterocycles. The van der Waals surface area contributed by atoms with Crippen LogP contribution < -0.4 is 15.0 Å². The van der Waals surface area contributed by atoms with Crippen LogP contribution in [0.3, 0.4) is 0 Å². The molecule has 0 bridgehead atoms. The number of fused-ring (bicyclic) bond motifs is 1. The number of anilines is 1. The Labute approximate surface area is 132 Å². The second-order valence-corrected chi connectivity index (χ2v) is 5.98. The molecular weight excluding hydrogens is 300 g/mol. The van der Waals surface area contributed by atoms with Crippen molar-refractivity contribution in [3.63, 3.8) is 0 Å². The summed E-state index contributed by atoms with van der Waals surface area (Å²) < 4.78 is 5.70. The molecule has 0 aliphatic carbocycles. The minimum Gasteiger partial charge on any atom is -0.477 e. The van der Waals surface area contributed by atoms with E-state index in [0.717, 1.165) is 4.88 Å². The van der Waals surface area contributed by atoms with E-state index in [1.807, 2.05) is 35.7 Å². The smallest absolute Gasteiger partial charge is 0.262 e. The van der Waals surface area contributed by atoms with E-state index in [-0.39, 0.29) is 18.4 Å². The number of rotatable bonds is 3. The standard InChI is InChI=1S/C16H16N2O3S/c1-17-16(20)14-10-18(12-6-2-3-7-13(12)21-14)15(19)9-11-5-4-8-22-11/h2-8,14H,9-10H2,1H3,(H,17,20)/t14-/m0/s1. The molecule has 0 unspecified atom stereocenters. The Morgan fingerprint density at radius 2 is 2.14 bits per heavy atom. The zero-order valence-electron chi connectivity index (χ0n) is 12.1. The lowest BCUT2D eigenvalue weighted by molar-refractivity contribution is -0.127. The predicted molar refractivity (Wildman–Crippen MR) is 85.3 cm³/mol. The summed E-state index contributed by atoms with van der Waals surface area (Å²) in [6.07, 6.45) is -0.362. The lowest BCUT2D eigenvalue weighted by atomic mass is 10.1. The number of thiophene rings is 1. The molecular formula is C16H16N2O3S. The zero-order chi connectivity index (χ0) is 15.5. The van der Waals surface area contributed by atoms with E-state index >= 15 is 0 Å². The molecule has 0 spiro atoms. The lowest BCUT2D eigenvalue weighted by Crippen LogP contribution is -2.50. The first kappa shape index (κ1) is 14.6. The van der Waals surface area contributed by atoms with E-state index < -0.39 is 6.10 Å². The second-order valence-electron chi connectivity index (χ2n) is 4.95. The maximum atomic E-state index is 12.6. The van der Waals surface area contributed by atoms with Crippen molar-refractivity contribution in [2.24, 2.45) is 0 Å². The monoisotopic (exact) mass is 316 g/mol. The van der Waals surface area contributed by atoms with Gasteiger partial charge in [-0.05, 0) is 23.6 Å². The number of nitrogens with one attached hydrogen (secondary N) is 1. The molecule has 0 radical (unpaired) electrons.